The van der Waals surface area contributed by atoms with Crippen LogP contribution >= 0.6 is 11.3 Å². The van der Waals surface area contributed by atoms with Crippen LogP contribution in [0.25, 0.3) is 4.96 Å². The molecule has 2 N–H and O–H groups in total. The van der Waals surface area contributed by atoms with Crippen LogP contribution in [0, 0.1) is 0 Å². The maximum atomic E-state index is 4.57. The lowest BCUT2D eigenvalue weighted by Crippen LogP contribution is -2.20. The molecule has 0 saturated carbocycles. The number of imidazole rings is 2. The van der Waals surface area contributed by atoms with Crippen molar-refractivity contribution in [1.29, 1.82) is 0 Å². The van der Waals surface area contributed by atoms with E-state index in [0.717, 1.165) is 22.9 Å². The van der Waals surface area contributed by atoms with E-state index in [1.807, 2.05) is 24.8 Å². The molecule has 88 valence electrons. The number of nitrogens with zero attached hydrogens (tertiary/aromatic N) is 3. The van der Waals surface area contributed by atoms with Gasteiger partial charge in [0, 0.05) is 36.6 Å². The number of thiazole rings is 1. The van der Waals surface area contributed by atoms with Crippen molar-refractivity contribution in [1.82, 2.24) is 24.7 Å². The Morgan fingerprint density at radius 3 is 3.24 bits per heavy atom. The summed E-state index contributed by atoms with van der Waals surface area (Å²) in [6.45, 7) is 0. The molecule has 3 aromatic heterocycles. The molecule has 0 fully saturated rings. The first-order chi connectivity index (χ1) is 8.36. The average molecular weight is 247 g/mol. The van der Waals surface area contributed by atoms with Gasteiger partial charge in [-0.3, -0.25) is 4.40 Å². The fraction of sp³-hybridized carbons (Fsp3) is 0.273. The van der Waals surface area contributed by atoms with Gasteiger partial charge >= 0.3 is 0 Å². The van der Waals surface area contributed by atoms with E-state index in [4.69, 9.17) is 0 Å². The maximum Gasteiger partial charge on any atom is 0.193 e. The molecule has 3 rings (SSSR count). The van der Waals surface area contributed by atoms with Crippen molar-refractivity contribution in [2.24, 2.45) is 0 Å². The predicted molar refractivity (Wildman–Crippen MR) is 67.2 cm³/mol. The predicted octanol–water partition coefficient (Wildman–Crippen LogP) is 1.62. The van der Waals surface area contributed by atoms with Gasteiger partial charge in [0.05, 0.1) is 11.7 Å². The third kappa shape index (κ3) is 1.96. The summed E-state index contributed by atoms with van der Waals surface area (Å²) >= 11 is 1.65. The Kier molecular flexibility index (Phi) is 2.66. The first kappa shape index (κ1) is 10.5. The summed E-state index contributed by atoms with van der Waals surface area (Å²) in [5.41, 5.74) is 1.08. The highest BCUT2D eigenvalue weighted by Crippen LogP contribution is 2.17. The summed E-state index contributed by atoms with van der Waals surface area (Å²) in [5, 5.41) is 5.29. The Labute approximate surface area is 103 Å². The molecule has 1 atom stereocenters. The van der Waals surface area contributed by atoms with Crippen LogP contribution in [-0.4, -0.2) is 26.4 Å². The number of nitrogens with one attached hydrogen (secondary N) is 2. The molecule has 1 unspecified atom stereocenters. The zero-order valence-electron chi connectivity index (χ0n) is 9.42. The molecular formula is C11H13N5S. The van der Waals surface area contributed by atoms with Crippen LogP contribution in [0.5, 0.6) is 0 Å². The molecule has 17 heavy (non-hydrogen) atoms. The molecule has 3 aromatic rings. The number of hydrogen-bond acceptors (Lipinski definition) is 4. The Morgan fingerprint density at radius 2 is 2.53 bits per heavy atom. The zero-order chi connectivity index (χ0) is 11.7. The van der Waals surface area contributed by atoms with Crippen LogP contribution in [0.1, 0.15) is 17.6 Å². The smallest absolute Gasteiger partial charge is 0.193 e. The molecule has 0 saturated heterocycles. The number of likely N-dealkylation sites (N-methyl/N-ethyl adjacent to an activating group) is 1. The van der Waals surface area contributed by atoms with Crippen LogP contribution in [0.4, 0.5) is 0 Å². The standard InChI is InChI=1S/C11H13N5S/c1-12-9(10-13-2-3-14-10)6-8-7-16-4-5-17-11(16)15-8/h2-5,7,9,12H,6H2,1H3,(H,13,14). The van der Waals surface area contributed by atoms with Crippen LogP contribution < -0.4 is 5.32 Å². The highest BCUT2D eigenvalue weighted by molar-refractivity contribution is 7.15. The number of fused-ring (bicyclic) bond motifs is 1. The molecule has 0 aliphatic carbocycles. The third-order valence-electron chi connectivity index (χ3n) is 2.75. The Hall–Kier alpha value is -1.66. The average Bonchev–Trinajstić information content (AvgIpc) is 3.01. The van der Waals surface area contributed by atoms with Gasteiger partial charge in [-0.25, -0.2) is 9.97 Å². The van der Waals surface area contributed by atoms with Gasteiger partial charge in [0.2, 0.25) is 0 Å². The van der Waals surface area contributed by atoms with Gasteiger partial charge in [-0.15, -0.1) is 11.3 Å². The highest BCUT2D eigenvalue weighted by Gasteiger charge is 2.14. The van der Waals surface area contributed by atoms with E-state index in [1.54, 1.807) is 17.5 Å². The first-order valence-corrected chi connectivity index (χ1v) is 6.32. The fourth-order valence-electron chi connectivity index (χ4n) is 1.89. The van der Waals surface area contributed by atoms with E-state index in [0.29, 0.717) is 0 Å². The normalized spacial score (nSPS) is 13.2. The third-order valence-corrected chi connectivity index (χ3v) is 3.53. The van der Waals surface area contributed by atoms with Gasteiger partial charge < -0.3 is 10.3 Å². The second-order valence-corrected chi connectivity index (χ2v) is 4.72. The lowest BCUT2D eigenvalue weighted by Gasteiger charge is -2.11. The molecule has 0 bridgehead atoms. The summed E-state index contributed by atoms with van der Waals surface area (Å²) in [6, 6.07) is 0.176. The van der Waals surface area contributed by atoms with Crippen LogP contribution in [0.15, 0.2) is 30.2 Å². The fourth-order valence-corrected chi connectivity index (χ4v) is 2.61. The van der Waals surface area contributed by atoms with Gasteiger partial charge in [0.25, 0.3) is 0 Å². The molecule has 6 heteroatoms. The molecule has 0 spiro atoms. The van der Waals surface area contributed by atoms with Crippen molar-refractivity contribution in [3.63, 3.8) is 0 Å². The summed E-state index contributed by atoms with van der Waals surface area (Å²) < 4.78 is 2.05. The lowest BCUT2D eigenvalue weighted by molar-refractivity contribution is 0.558. The number of rotatable bonds is 4. The van der Waals surface area contributed by atoms with Crippen molar-refractivity contribution in [2.75, 3.05) is 7.05 Å². The topological polar surface area (TPSA) is 58.0 Å². The maximum absolute atomic E-state index is 4.57. The molecule has 5 nitrogen and oxygen atoms in total. The monoisotopic (exact) mass is 247 g/mol. The van der Waals surface area contributed by atoms with Crippen LogP contribution in [0.3, 0.4) is 0 Å². The lowest BCUT2D eigenvalue weighted by atomic mass is 10.1. The minimum atomic E-state index is 0.176. The van der Waals surface area contributed by atoms with Crippen molar-refractivity contribution in [2.45, 2.75) is 12.5 Å². The molecular weight excluding hydrogens is 234 g/mol. The van der Waals surface area contributed by atoms with E-state index in [1.165, 1.54) is 0 Å². The molecule has 3 heterocycles. The van der Waals surface area contributed by atoms with E-state index < -0.39 is 0 Å². The number of hydrogen-bond donors (Lipinski definition) is 2. The Balaban J connectivity index is 1.83. The van der Waals surface area contributed by atoms with Gasteiger partial charge in [0.15, 0.2) is 4.96 Å². The van der Waals surface area contributed by atoms with E-state index in [9.17, 15) is 0 Å². The van der Waals surface area contributed by atoms with E-state index >= 15 is 0 Å². The highest BCUT2D eigenvalue weighted by atomic mass is 32.1. The summed E-state index contributed by atoms with van der Waals surface area (Å²) in [6.07, 6.45) is 8.53. The Morgan fingerprint density at radius 1 is 1.59 bits per heavy atom. The number of aromatic amines is 1. The zero-order valence-corrected chi connectivity index (χ0v) is 10.2. The molecule has 0 aliphatic rings. The number of aromatic nitrogens is 4. The van der Waals surface area contributed by atoms with E-state index in [-0.39, 0.29) is 6.04 Å². The second kappa shape index (κ2) is 4.31. The van der Waals surface area contributed by atoms with E-state index in [2.05, 4.69) is 30.9 Å². The second-order valence-electron chi connectivity index (χ2n) is 3.84. The summed E-state index contributed by atoms with van der Waals surface area (Å²) in [7, 11) is 1.94. The first-order valence-electron chi connectivity index (χ1n) is 5.44. The van der Waals surface area contributed by atoms with Crippen LogP contribution in [-0.2, 0) is 6.42 Å². The number of H-pyrrole nitrogens is 1. The van der Waals surface area contributed by atoms with Crippen molar-refractivity contribution < 1.29 is 0 Å². The molecule has 0 amide bonds. The Bertz CT molecular complexity index is 566. The van der Waals surface area contributed by atoms with Crippen molar-refractivity contribution in [3.8, 4) is 0 Å². The minimum Gasteiger partial charge on any atom is -0.347 e. The van der Waals surface area contributed by atoms with Gasteiger partial charge in [-0.1, -0.05) is 0 Å². The quantitative estimate of drug-likeness (QED) is 0.736. The van der Waals surface area contributed by atoms with Gasteiger partial charge in [-0.2, -0.15) is 0 Å². The summed E-state index contributed by atoms with van der Waals surface area (Å²) in [4.78, 5) is 13.0. The van der Waals surface area contributed by atoms with Crippen LogP contribution in [0.2, 0.25) is 0 Å². The van der Waals surface area contributed by atoms with Gasteiger partial charge in [-0.05, 0) is 7.05 Å². The summed E-state index contributed by atoms with van der Waals surface area (Å²) in [5.74, 6) is 0.948. The molecule has 0 aromatic carbocycles. The minimum absolute atomic E-state index is 0.176. The largest absolute Gasteiger partial charge is 0.347 e. The van der Waals surface area contributed by atoms with Crippen molar-refractivity contribution in [3.05, 3.63) is 41.7 Å². The molecule has 0 radical (unpaired) electrons. The SMILES string of the molecule is CNC(Cc1cn2ccsc2n1)c1ncc[nH]1. The molecule has 0 aliphatic heterocycles. The van der Waals surface area contributed by atoms with Gasteiger partial charge in [0.1, 0.15) is 5.82 Å². The van der Waals surface area contributed by atoms with Crippen molar-refractivity contribution >= 4 is 16.3 Å².